The molecular formula is C15H22N2O. The van der Waals surface area contributed by atoms with Crippen molar-refractivity contribution < 1.29 is 4.79 Å². The van der Waals surface area contributed by atoms with Crippen molar-refractivity contribution in [2.75, 3.05) is 0 Å². The smallest absolute Gasteiger partial charge is 0.136 e. The fraction of sp³-hybridized carbons (Fsp3) is 0.733. The van der Waals surface area contributed by atoms with Gasteiger partial charge < -0.3 is 0 Å². The molecule has 1 aromatic heterocycles. The monoisotopic (exact) mass is 246 g/mol. The van der Waals surface area contributed by atoms with Crippen LogP contribution in [0.2, 0.25) is 0 Å². The van der Waals surface area contributed by atoms with Crippen molar-refractivity contribution in [3.05, 3.63) is 17.5 Å². The molecule has 1 aromatic rings. The fourth-order valence-corrected chi connectivity index (χ4v) is 4.26. The largest absolute Gasteiger partial charge is 0.299 e. The van der Waals surface area contributed by atoms with E-state index in [0.717, 1.165) is 32.1 Å². The molecule has 0 spiro atoms. The number of carbonyl (C=O) groups excluding carboxylic acids is 1. The Morgan fingerprint density at radius 3 is 3.00 bits per heavy atom. The minimum atomic E-state index is 0.128. The highest BCUT2D eigenvalue weighted by atomic mass is 16.1. The van der Waals surface area contributed by atoms with Crippen LogP contribution in [0.25, 0.3) is 0 Å². The van der Waals surface area contributed by atoms with Crippen molar-refractivity contribution in [3.8, 4) is 0 Å². The Labute approximate surface area is 109 Å². The van der Waals surface area contributed by atoms with E-state index in [0.29, 0.717) is 11.7 Å². The van der Waals surface area contributed by atoms with Gasteiger partial charge >= 0.3 is 0 Å². The van der Waals surface area contributed by atoms with E-state index < -0.39 is 0 Å². The van der Waals surface area contributed by atoms with E-state index >= 15 is 0 Å². The van der Waals surface area contributed by atoms with Gasteiger partial charge in [-0.1, -0.05) is 13.8 Å². The average Bonchev–Trinajstić information content (AvgIpc) is 2.72. The highest BCUT2D eigenvalue weighted by Gasteiger charge is 2.50. The Balaban J connectivity index is 2.06. The van der Waals surface area contributed by atoms with Gasteiger partial charge in [-0.15, -0.1) is 0 Å². The number of carbonyl (C=O) groups is 1. The topological polar surface area (TPSA) is 34.9 Å². The highest BCUT2D eigenvalue weighted by Crippen LogP contribution is 2.51. The molecule has 18 heavy (non-hydrogen) atoms. The van der Waals surface area contributed by atoms with Crippen molar-refractivity contribution in [3.63, 3.8) is 0 Å². The molecule has 0 saturated heterocycles. The number of aryl methyl sites for hydroxylation is 2. The summed E-state index contributed by atoms with van der Waals surface area (Å²) >= 11 is 0. The molecular weight excluding hydrogens is 224 g/mol. The zero-order valence-electron chi connectivity index (χ0n) is 11.6. The van der Waals surface area contributed by atoms with Gasteiger partial charge in [0.1, 0.15) is 5.78 Å². The molecule has 0 bridgehead atoms. The van der Waals surface area contributed by atoms with E-state index in [2.05, 4.69) is 20.0 Å². The number of hydrogen-bond donors (Lipinski definition) is 0. The van der Waals surface area contributed by atoms with Gasteiger partial charge in [-0.3, -0.25) is 9.48 Å². The van der Waals surface area contributed by atoms with Gasteiger partial charge in [0.25, 0.3) is 0 Å². The van der Waals surface area contributed by atoms with Crippen molar-refractivity contribution in [2.45, 2.75) is 51.4 Å². The van der Waals surface area contributed by atoms with Crippen molar-refractivity contribution in [1.29, 1.82) is 0 Å². The summed E-state index contributed by atoms with van der Waals surface area (Å²) in [5, 5.41) is 4.71. The van der Waals surface area contributed by atoms with Gasteiger partial charge in [-0.05, 0) is 37.2 Å². The van der Waals surface area contributed by atoms with Gasteiger partial charge in [0.05, 0.1) is 5.69 Å². The Kier molecular flexibility index (Phi) is 2.61. The molecule has 3 atom stereocenters. The lowest BCUT2D eigenvalue weighted by Gasteiger charge is -2.47. The fourth-order valence-electron chi connectivity index (χ4n) is 4.26. The summed E-state index contributed by atoms with van der Waals surface area (Å²) in [6, 6.07) is 0. The Morgan fingerprint density at radius 1 is 1.50 bits per heavy atom. The lowest BCUT2D eigenvalue weighted by molar-refractivity contribution is -0.129. The van der Waals surface area contributed by atoms with Crippen LogP contribution in [0.5, 0.6) is 0 Å². The molecule has 1 saturated carbocycles. The number of fused-ring (bicyclic) bond motifs is 3. The molecule has 1 fully saturated rings. The molecule has 98 valence electrons. The molecule has 0 aliphatic heterocycles. The molecule has 0 N–H and O–H groups in total. The zero-order valence-corrected chi connectivity index (χ0v) is 11.6. The van der Waals surface area contributed by atoms with Crippen LogP contribution in [0.1, 0.15) is 50.8 Å². The van der Waals surface area contributed by atoms with Crippen molar-refractivity contribution >= 4 is 5.78 Å². The van der Waals surface area contributed by atoms with Gasteiger partial charge in [-0.25, -0.2) is 0 Å². The third-order valence-electron chi connectivity index (χ3n) is 5.22. The minimum Gasteiger partial charge on any atom is -0.299 e. The van der Waals surface area contributed by atoms with Crippen LogP contribution in [0, 0.1) is 11.8 Å². The van der Waals surface area contributed by atoms with Crippen LogP contribution in [-0.2, 0) is 23.7 Å². The lowest BCUT2D eigenvalue weighted by atomic mass is 9.56. The van der Waals surface area contributed by atoms with E-state index in [4.69, 9.17) is 5.10 Å². The number of rotatable bonds is 1. The quantitative estimate of drug-likeness (QED) is 0.763. The molecule has 2 aliphatic carbocycles. The van der Waals surface area contributed by atoms with Crippen LogP contribution in [0.15, 0.2) is 6.20 Å². The minimum absolute atomic E-state index is 0.128. The third kappa shape index (κ3) is 1.49. The summed E-state index contributed by atoms with van der Waals surface area (Å²) in [5.41, 5.74) is 2.80. The van der Waals surface area contributed by atoms with Crippen LogP contribution in [0.4, 0.5) is 0 Å². The Morgan fingerprint density at radius 2 is 2.28 bits per heavy atom. The number of Topliss-reactive ketones (excluding diaryl/α,β-unsaturated/α-hetero) is 1. The van der Waals surface area contributed by atoms with E-state index in [9.17, 15) is 4.79 Å². The van der Waals surface area contributed by atoms with Crippen LogP contribution >= 0.6 is 0 Å². The Bertz CT molecular complexity index is 491. The summed E-state index contributed by atoms with van der Waals surface area (Å²) in [6.07, 6.45) is 7.11. The first-order valence-corrected chi connectivity index (χ1v) is 7.12. The molecule has 3 rings (SSSR count). The van der Waals surface area contributed by atoms with Crippen molar-refractivity contribution in [1.82, 2.24) is 9.78 Å². The lowest BCUT2D eigenvalue weighted by Crippen LogP contribution is -2.47. The second kappa shape index (κ2) is 3.94. The summed E-state index contributed by atoms with van der Waals surface area (Å²) < 4.78 is 1.94. The summed E-state index contributed by atoms with van der Waals surface area (Å²) in [7, 11) is 2.00. The maximum atomic E-state index is 12.1. The molecule has 0 aromatic carbocycles. The first-order chi connectivity index (χ1) is 8.56. The second-order valence-corrected chi connectivity index (χ2v) is 6.22. The predicted octanol–water partition coefficient (Wildman–Crippen LogP) is 2.63. The molecule has 3 nitrogen and oxygen atoms in total. The number of aromatic nitrogens is 2. The highest BCUT2D eigenvalue weighted by molar-refractivity contribution is 5.82. The van der Waals surface area contributed by atoms with Gasteiger partial charge in [0.2, 0.25) is 0 Å². The second-order valence-electron chi connectivity index (χ2n) is 6.22. The maximum absolute atomic E-state index is 12.1. The molecule has 1 heterocycles. The van der Waals surface area contributed by atoms with Gasteiger partial charge in [-0.2, -0.15) is 5.10 Å². The number of ketones is 1. The maximum Gasteiger partial charge on any atom is 0.136 e. The standard InChI is InChI=1S/C15H22N2O/c1-4-11-12-6-5-10-9-17(3)16-14(10)15(12,2)8-7-13(11)18/h9,11-12H,4-8H2,1-3H3/t11-,12-,15-/m0/s1. The number of nitrogens with zero attached hydrogens (tertiary/aromatic N) is 2. The van der Waals surface area contributed by atoms with E-state index in [1.54, 1.807) is 0 Å². The first-order valence-electron chi connectivity index (χ1n) is 7.12. The van der Waals surface area contributed by atoms with Crippen molar-refractivity contribution in [2.24, 2.45) is 18.9 Å². The zero-order chi connectivity index (χ0) is 12.9. The predicted molar refractivity (Wildman–Crippen MR) is 70.4 cm³/mol. The summed E-state index contributed by atoms with van der Waals surface area (Å²) in [5.74, 6) is 1.25. The van der Waals surface area contributed by atoms with E-state index in [-0.39, 0.29) is 11.3 Å². The molecule has 0 amide bonds. The molecule has 3 heteroatoms. The van der Waals surface area contributed by atoms with Gasteiger partial charge in [0.15, 0.2) is 0 Å². The third-order valence-corrected chi connectivity index (χ3v) is 5.22. The molecule has 0 unspecified atom stereocenters. The first kappa shape index (κ1) is 11.9. The molecule has 2 aliphatic rings. The average molecular weight is 246 g/mol. The molecule has 0 radical (unpaired) electrons. The van der Waals surface area contributed by atoms with Crippen LogP contribution in [-0.4, -0.2) is 15.6 Å². The van der Waals surface area contributed by atoms with Crippen LogP contribution < -0.4 is 0 Å². The van der Waals surface area contributed by atoms with E-state index in [1.807, 2.05) is 11.7 Å². The normalized spacial score (nSPS) is 35.2. The van der Waals surface area contributed by atoms with Gasteiger partial charge in [0, 0.05) is 31.0 Å². The summed E-state index contributed by atoms with van der Waals surface area (Å²) in [4.78, 5) is 12.1. The SMILES string of the molecule is CC[C@@H]1C(=O)CC[C@]2(C)c3nn(C)cc3CC[C@@H]12. The summed E-state index contributed by atoms with van der Waals surface area (Å²) in [6.45, 7) is 4.49. The van der Waals surface area contributed by atoms with E-state index in [1.165, 1.54) is 11.3 Å². The van der Waals surface area contributed by atoms with Crippen LogP contribution in [0.3, 0.4) is 0 Å². The number of hydrogen-bond acceptors (Lipinski definition) is 2. The Hall–Kier alpha value is -1.12.